The van der Waals surface area contributed by atoms with E-state index in [1.807, 2.05) is 0 Å². The van der Waals surface area contributed by atoms with Crippen LogP contribution < -0.4 is 15.5 Å². The molecule has 28 heavy (non-hydrogen) atoms. The maximum Gasteiger partial charge on any atom is 0.191 e. The zero-order valence-electron chi connectivity index (χ0n) is 18.2. The van der Waals surface area contributed by atoms with Gasteiger partial charge in [-0.15, -0.1) is 0 Å². The van der Waals surface area contributed by atoms with E-state index in [0.29, 0.717) is 0 Å². The van der Waals surface area contributed by atoms with Crippen LogP contribution in [0, 0.1) is 0 Å². The fourth-order valence-corrected chi connectivity index (χ4v) is 3.56. The molecule has 0 aromatic heterocycles. The number of hydrogen-bond acceptors (Lipinski definition) is 4. The molecule has 1 aliphatic rings. The minimum absolute atomic E-state index is 0.841. The highest BCUT2D eigenvalue weighted by Crippen LogP contribution is 2.12. The van der Waals surface area contributed by atoms with Crippen molar-refractivity contribution in [3.05, 3.63) is 30.3 Å². The van der Waals surface area contributed by atoms with Crippen molar-refractivity contribution in [3.63, 3.8) is 0 Å². The molecule has 6 nitrogen and oxygen atoms in total. The molecule has 0 aliphatic carbocycles. The van der Waals surface area contributed by atoms with Gasteiger partial charge in [0.15, 0.2) is 5.96 Å². The molecule has 2 rings (SSSR count). The Balaban J connectivity index is 1.68. The number of guanidine groups is 1. The predicted molar refractivity (Wildman–Crippen MR) is 121 cm³/mol. The average Bonchev–Trinajstić information content (AvgIpc) is 2.75. The monoisotopic (exact) mass is 388 g/mol. The van der Waals surface area contributed by atoms with Crippen LogP contribution >= 0.6 is 0 Å². The van der Waals surface area contributed by atoms with Crippen LogP contribution in [0.4, 0.5) is 5.69 Å². The Hall–Kier alpha value is -1.79. The maximum absolute atomic E-state index is 4.76. The van der Waals surface area contributed by atoms with Crippen molar-refractivity contribution >= 4 is 11.6 Å². The van der Waals surface area contributed by atoms with Gasteiger partial charge in [0.25, 0.3) is 0 Å². The van der Waals surface area contributed by atoms with Crippen LogP contribution in [0.25, 0.3) is 0 Å². The second-order valence-corrected chi connectivity index (χ2v) is 7.23. The van der Waals surface area contributed by atoms with Crippen molar-refractivity contribution in [1.82, 2.24) is 20.4 Å². The Morgan fingerprint density at radius 3 is 2.36 bits per heavy atom. The number of nitrogens with one attached hydrogen (secondary N) is 2. The number of piperazine rings is 1. The molecule has 0 amide bonds. The first-order chi connectivity index (χ1) is 13.8. The van der Waals surface area contributed by atoms with Gasteiger partial charge >= 0.3 is 0 Å². The third-order valence-corrected chi connectivity index (χ3v) is 5.34. The molecule has 2 N–H and O–H groups in total. The van der Waals surface area contributed by atoms with E-state index in [2.05, 4.69) is 76.4 Å². The number of hydrogen-bond donors (Lipinski definition) is 2. The first kappa shape index (κ1) is 22.5. The summed E-state index contributed by atoms with van der Waals surface area (Å²) < 4.78 is 0. The van der Waals surface area contributed by atoms with Crippen LogP contribution in [-0.4, -0.2) is 87.8 Å². The van der Waals surface area contributed by atoms with E-state index in [4.69, 9.17) is 4.99 Å². The van der Waals surface area contributed by atoms with E-state index in [1.54, 1.807) is 0 Å². The number of rotatable bonds is 11. The van der Waals surface area contributed by atoms with Crippen molar-refractivity contribution < 1.29 is 0 Å². The summed E-state index contributed by atoms with van der Waals surface area (Å²) in [6.07, 6.45) is 1.05. The zero-order valence-corrected chi connectivity index (χ0v) is 18.2. The number of nitrogens with zero attached hydrogens (tertiary/aromatic N) is 4. The van der Waals surface area contributed by atoms with Gasteiger partial charge in [-0.3, -0.25) is 9.89 Å². The molecule has 1 saturated heterocycles. The van der Waals surface area contributed by atoms with Crippen LogP contribution in [0.5, 0.6) is 0 Å². The first-order valence-corrected chi connectivity index (χ1v) is 11.0. The number of para-hydroxylation sites is 1. The van der Waals surface area contributed by atoms with Crippen LogP contribution in [-0.2, 0) is 0 Å². The third kappa shape index (κ3) is 8.07. The minimum Gasteiger partial charge on any atom is -0.372 e. The van der Waals surface area contributed by atoms with Gasteiger partial charge in [0, 0.05) is 71.1 Å². The summed E-state index contributed by atoms with van der Waals surface area (Å²) in [5.41, 5.74) is 1.29. The predicted octanol–water partition coefficient (Wildman–Crippen LogP) is 2.10. The molecule has 0 saturated carbocycles. The normalized spacial score (nSPS) is 16.2. The molecule has 0 radical (unpaired) electrons. The standard InChI is InChI=1S/C22H40N6/c1-4-23-22(25-14-16-27-19-17-26(5-2)18-20-27)24-13-10-15-28(6-3)21-11-8-7-9-12-21/h7-9,11-12H,4-6,10,13-20H2,1-3H3,(H2,23,24,25). The van der Waals surface area contributed by atoms with Crippen molar-refractivity contribution in [2.24, 2.45) is 4.99 Å². The van der Waals surface area contributed by atoms with E-state index in [9.17, 15) is 0 Å². The highest BCUT2D eigenvalue weighted by molar-refractivity contribution is 5.79. The lowest BCUT2D eigenvalue weighted by Gasteiger charge is -2.34. The van der Waals surface area contributed by atoms with Crippen molar-refractivity contribution in [2.45, 2.75) is 27.2 Å². The molecule has 0 spiro atoms. The van der Waals surface area contributed by atoms with Gasteiger partial charge in [0.1, 0.15) is 0 Å². The number of anilines is 1. The SMILES string of the molecule is CCNC(=NCCCN(CC)c1ccccc1)NCCN1CCN(CC)CC1. The maximum atomic E-state index is 4.76. The molecule has 0 bridgehead atoms. The lowest BCUT2D eigenvalue weighted by Crippen LogP contribution is -2.49. The molecular weight excluding hydrogens is 348 g/mol. The van der Waals surface area contributed by atoms with Crippen LogP contribution in [0.15, 0.2) is 35.3 Å². The van der Waals surface area contributed by atoms with Gasteiger partial charge < -0.3 is 20.4 Å². The van der Waals surface area contributed by atoms with Crippen LogP contribution in [0.3, 0.4) is 0 Å². The largest absolute Gasteiger partial charge is 0.372 e. The Morgan fingerprint density at radius 1 is 1.00 bits per heavy atom. The van der Waals surface area contributed by atoms with Crippen molar-refractivity contribution in [2.75, 3.05) is 76.9 Å². The van der Waals surface area contributed by atoms with E-state index in [1.165, 1.54) is 38.4 Å². The smallest absolute Gasteiger partial charge is 0.191 e. The van der Waals surface area contributed by atoms with Crippen molar-refractivity contribution in [1.29, 1.82) is 0 Å². The zero-order chi connectivity index (χ0) is 20.0. The molecule has 1 aromatic carbocycles. The highest BCUT2D eigenvalue weighted by Gasteiger charge is 2.14. The summed E-state index contributed by atoms with van der Waals surface area (Å²) in [5, 5.41) is 6.87. The third-order valence-electron chi connectivity index (χ3n) is 5.34. The minimum atomic E-state index is 0.841. The molecule has 0 unspecified atom stereocenters. The second-order valence-electron chi connectivity index (χ2n) is 7.23. The Kier molecular flexibility index (Phi) is 10.8. The molecule has 1 heterocycles. The van der Waals surface area contributed by atoms with Gasteiger partial charge in [0.05, 0.1) is 0 Å². The fourth-order valence-electron chi connectivity index (χ4n) is 3.56. The molecule has 6 heteroatoms. The molecule has 1 fully saturated rings. The summed E-state index contributed by atoms with van der Waals surface area (Å²) in [4.78, 5) is 12.2. The molecule has 1 aliphatic heterocycles. The first-order valence-electron chi connectivity index (χ1n) is 11.0. The van der Waals surface area contributed by atoms with Gasteiger partial charge in [0.2, 0.25) is 0 Å². The van der Waals surface area contributed by atoms with Crippen LogP contribution in [0.2, 0.25) is 0 Å². The van der Waals surface area contributed by atoms with Gasteiger partial charge in [-0.05, 0) is 38.9 Å². The molecule has 0 atom stereocenters. The van der Waals surface area contributed by atoms with Crippen LogP contribution in [0.1, 0.15) is 27.2 Å². The lowest BCUT2D eigenvalue weighted by molar-refractivity contribution is 0.139. The summed E-state index contributed by atoms with van der Waals surface area (Å²) in [6.45, 7) is 18.3. The van der Waals surface area contributed by atoms with E-state index in [0.717, 1.165) is 51.6 Å². The Morgan fingerprint density at radius 2 is 1.71 bits per heavy atom. The van der Waals surface area contributed by atoms with Crippen molar-refractivity contribution in [3.8, 4) is 0 Å². The van der Waals surface area contributed by atoms with E-state index >= 15 is 0 Å². The summed E-state index contributed by atoms with van der Waals surface area (Å²) in [5.74, 6) is 0.942. The van der Waals surface area contributed by atoms with E-state index in [-0.39, 0.29) is 0 Å². The lowest BCUT2D eigenvalue weighted by atomic mass is 10.2. The molecular formula is C22H40N6. The molecule has 1 aromatic rings. The number of aliphatic imine (C=N–C) groups is 1. The van der Waals surface area contributed by atoms with E-state index < -0.39 is 0 Å². The van der Waals surface area contributed by atoms with Gasteiger partial charge in [-0.1, -0.05) is 25.1 Å². The number of benzene rings is 1. The summed E-state index contributed by atoms with van der Waals surface area (Å²) >= 11 is 0. The Labute approximate surface area is 172 Å². The average molecular weight is 389 g/mol. The quantitative estimate of drug-likeness (QED) is 0.345. The van der Waals surface area contributed by atoms with Gasteiger partial charge in [-0.25, -0.2) is 0 Å². The fraction of sp³-hybridized carbons (Fsp3) is 0.682. The molecule has 158 valence electrons. The second kappa shape index (κ2) is 13.4. The topological polar surface area (TPSA) is 46.1 Å². The highest BCUT2D eigenvalue weighted by atomic mass is 15.3. The summed E-state index contributed by atoms with van der Waals surface area (Å²) in [7, 11) is 0. The number of likely N-dealkylation sites (N-methyl/N-ethyl adjacent to an activating group) is 1. The Bertz CT molecular complexity index is 539. The summed E-state index contributed by atoms with van der Waals surface area (Å²) in [6, 6.07) is 10.6. The van der Waals surface area contributed by atoms with Gasteiger partial charge in [-0.2, -0.15) is 0 Å².